The average molecular weight is 226 g/mol. The van der Waals surface area contributed by atoms with Gasteiger partial charge in [-0.3, -0.25) is 0 Å². The van der Waals surface area contributed by atoms with E-state index in [1.807, 2.05) is 0 Å². The Morgan fingerprint density at radius 2 is 2.12 bits per heavy atom. The van der Waals surface area contributed by atoms with Gasteiger partial charge in [-0.2, -0.15) is 0 Å². The Morgan fingerprint density at radius 3 is 2.88 bits per heavy atom. The van der Waals surface area contributed by atoms with Crippen molar-refractivity contribution in [3.8, 4) is 0 Å². The van der Waals surface area contributed by atoms with Crippen molar-refractivity contribution in [1.29, 1.82) is 0 Å². The molecule has 2 aliphatic rings. The number of ether oxygens (including phenoxy) is 1. The lowest BCUT2D eigenvalue weighted by atomic mass is 10.1. The van der Waals surface area contributed by atoms with E-state index in [0.717, 1.165) is 38.2 Å². The molecule has 16 heavy (non-hydrogen) atoms. The summed E-state index contributed by atoms with van der Waals surface area (Å²) in [5, 5.41) is 6.95. The van der Waals surface area contributed by atoms with Crippen LogP contribution in [0.15, 0.2) is 0 Å². The Balaban J connectivity index is 1.43. The maximum atomic E-state index is 5.85. The van der Waals surface area contributed by atoms with Gasteiger partial charge in [-0.15, -0.1) is 0 Å². The highest BCUT2D eigenvalue weighted by Crippen LogP contribution is 2.34. The number of piperidine rings is 1. The summed E-state index contributed by atoms with van der Waals surface area (Å²) in [6, 6.07) is 0.802. The first-order valence-corrected chi connectivity index (χ1v) is 6.96. The van der Waals surface area contributed by atoms with Crippen LogP contribution in [0.5, 0.6) is 0 Å². The monoisotopic (exact) mass is 226 g/mol. The van der Waals surface area contributed by atoms with Crippen LogP contribution in [0.2, 0.25) is 0 Å². The van der Waals surface area contributed by atoms with Gasteiger partial charge in [-0.1, -0.05) is 13.3 Å². The van der Waals surface area contributed by atoms with Crippen LogP contribution in [0.1, 0.15) is 39.0 Å². The van der Waals surface area contributed by atoms with Crippen molar-refractivity contribution in [2.75, 3.05) is 26.2 Å². The van der Waals surface area contributed by atoms with E-state index in [0.29, 0.717) is 6.10 Å². The van der Waals surface area contributed by atoms with Crippen molar-refractivity contribution < 1.29 is 4.74 Å². The molecular formula is C13H26N2O. The van der Waals surface area contributed by atoms with Crippen molar-refractivity contribution in [2.24, 2.45) is 5.92 Å². The van der Waals surface area contributed by atoms with Gasteiger partial charge >= 0.3 is 0 Å². The molecule has 1 heterocycles. The number of nitrogens with one attached hydrogen (secondary N) is 2. The third-order valence-electron chi connectivity index (χ3n) is 3.73. The molecule has 3 heteroatoms. The molecule has 0 spiro atoms. The summed E-state index contributed by atoms with van der Waals surface area (Å²) in [5.74, 6) is 0.962. The van der Waals surface area contributed by atoms with Crippen LogP contribution >= 0.6 is 0 Å². The highest BCUT2D eigenvalue weighted by atomic mass is 16.5. The van der Waals surface area contributed by atoms with Crippen LogP contribution in [0, 0.1) is 5.92 Å². The molecule has 0 aromatic carbocycles. The van der Waals surface area contributed by atoms with Gasteiger partial charge in [0.1, 0.15) is 0 Å². The molecule has 0 radical (unpaired) electrons. The quantitative estimate of drug-likeness (QED) is 0.646. The zero-order chi connectivity index (χ0) is 11.2. The summed E-state index contributed by atoms with van der Waals surface area (Å²) in [6.45, 7) is 6.45. The molecule has 0 aromatic heterocycles. The van der Waals surface area contributed by atoms with Crippen LogP contribution < -0.4 is 10.6 Å². The van der Waals surface area contributed by atoms with E-state index in [2.05, 4.69) is 17.6 Å². The fourth-order valence-electron chi connectivity index (χ4n) is 2.62. The van der Waals surface area contributed by atoms with Crippen LogP contribution in [-0.2, 0) is 4.74 Å². The van der Waals surface area contributed by atoms with Gasteiger partial charge in [0.15, 0.2) is 0 Å². The fraction of sp³-hybridized carbons (Fsp3) is 1.00. The molecule has 2 N–H and O–H groups in total. The lowest BCUT2D eigenvalue weighted by molar-refractivity contribution is 0.0346. The number of rotatable bonds is 7. The van der Waals surface area contributed by atoms with E-state index >= 15 is 0 Å². The van der Waals surface area contributed by atoms with E-state index in [4.69, 9.17) is 4.74 Å². The van der Waals surface area contributed by atoms with Gasteiger partial charge in [0, 0.05) is 12.6 Å². The minimum atomic E-state index is 0.508. The Bertz CT molecular complexity index is 192. The second-order valence-corrected chi connectivity index (χ2v) is 5.17. The minimum absolute atomic E-state index is 0.508. The van der Waals surface area contributed by atoms with Crippen molar-refractivity contribution in [1.82, 2.24) is 10.6 Å². The first-order valence-electron chi connectivity index (χ1n) is 6.96. The molecule has 2 unspecified atom stereocenters. The number of hydrogen-bond donors (Lipinski definition) is 2. The normalized spacial score (nSPS) is 30.6. The van der Waals surface area contributed by atoms with E-state index in [1.165, 1.54) is 32.1 Å². The summed E-state index contributed by atoms with van der Waals surface area (Å²) in [7, 11) is 0. The van der Waals surface area contributed by atoms with Crippen LogP contribution in [0.3, 0.4) is 0 Å². The molecule has 1 saturated carbocycles. The van der Waals surface area contributed by atoms with Crippen molar-refractivity contribution in [3.05, 3.63) is 0 Å². The molecule has 0 bridgehead atoms. The molecule has 1 aliphatic heterocycles. The first-order chi connectivity index (χ1) is 7.90. The Labute approximate surface area is 99.3 Å². The Kier molecular flexibility index (Phi) is 5.07. The van der Waals surface area contributed by atoms with Crippen LogP contribution in [-0.4, -0.2) is 38.4 Å². The van der Waals surface area contributed by atoms with E-state index in [9.17, 15) is 0 Å². The standard InChI is InChI=1S/C13H26N2O/c1-2-3-11-10-13(11)15-8-9-16-12-4-6-14-7-5-12/h11-15H,2-10H2,1H3. The molecule has 94 valence electrons. The molecule has 1 aliphatic carbocycles. The molecule has 0 aromatic rings. The maximum absolute atomic E-state index is 5.85. The zero-order valence-electron chi connectivity index (χ0n) is 10.5. The first kappa shape index (κ1) is 12.3. The van der Waals surface area contributed by atoms with Crippen molar-refractivity contribution in [3.63, 3.8) is 0 Å². The van der Waals surface area contributed by atoms with Crippen LogP contribution in [0.25, 0.3) is 0 Å². The van der Waals surface area contributed by atoms with Gasteiger partial charge in [-0.05, 0) is 44.7 Å². The second kappa shape index (κ2) is 6.58. The van der Waals surface area contributed by atoms with Crippen LogP contribution in [0.4, 0.5) is 0 Å². The second-order valence-electron chi connectivity index (χ2n) is 5.17. The van der Waals surface area contributed by atoms with Crippen molar-refractivity contribution in [2.45, 2.75) is 51.2 Å². The molecule has 2 rings (SSSR count). The Morgan fingerprint density at radius 1 is 1.31 bits per heavy atom. The summed E-state index contributed by atoms with van der Waals surface area (Å²) in [6.07, 6.45) is 6.99. The molecule has 3 nitrogen and oxygen atoms in total. The van der Waals surface area contributed by atoms with Gasteiger partial charge < -0.3 is 15.4 Å². The highest BCUT2D eigenvalue weighted by Gasteiger charge is 2.35. The molecule has 1 saturated heterocycles. The minimum Gasteiger partial charge on any atom is -0.377 e. The van der Waals surface area contributed by atoms with E-state index < -0.39 is 0 Å². The molecule has 0 amide bonds. The Hall–Kier alpha value is -0.120. The summed E-state index contributed by atoms with van der Waals surface area (Å²) < 4.78 is 5.85. The SMILES string of the molecule is CCCC1CC1NCCOC1CCNCC1. The van der Waals surface area contributed by atoms with Gasteiger partial charge in [0.2, 0.25) is 0 Å². The molecule has 2 fully saturated rings. The zero-order valence-corrected chi connectivity index (χ0v) is 10.5. The third kappa shape index (κ3) is 4.04. The lowest BCUT2D eigenvalue weighted by Crippen LogP contribution is -2.34. The lowest BCUT2D eigenvalue weighted by Gasteiger charge is -2.23. The predicted octanol–water partition coefficient (Wildman–Crippen LogP) is 1.53. The molecular weight excluding hydrogens is 200 g/mol. The fourth-order valence-corrected chi connectivity index (χ4v) is 2.62. The van der Waals surface area contributed by atoms with Gasteiger partial charge in [-0.25, -0.2) is 0 Å². The largest absolute Gasteiger partial charge is 0.377 e. The summed E-state index contributed by atoms with van der Waals surface area (Å²) in [4.78, 5) is 0. The van der Waals surface area contributed by atoms with Crippen molar-refractivity contribution >= 4 is 0 Å². The number of hydrogen-bond acceptors (Lipinski definition) is 3. The van der Waals surface area contributed by atoms with E-state index in [1.54, 1.807) is 0 Å². The van der Waals surface area contributed by atoms with Gasteiger partial charge in [0.05, 0.1) is 12.7 Å². The average Bonchev–Trinajstić information content (AvgIpc) is 3.05. The van der Waals surface area contributed by atoms with E-state index in [-0.39, 0.29) is 0 Å². The summed E-state index contributed by atoms with van der Waals surface area (Å²) in [5.41, 5.74) is 0. The molecule has 2 atom stereocenters. The third-order valence-corrected chi connectivity index (χ3v) is 3.73. The topological polar surface area (TPSA) is 33.3 Å². The van der Waals surface area contributed by atoms with Gasteiger partial charge in [0.25, 0.3) is 0 Å². The highest BCUT2D eigenvalue weighted by molar-refractivity contribution is 4.92. The smallest absolute Gasteiger partial charge is 0.0600 e. The maximum Gasteiger partial charge on any atom is 0.0600 e. The summed E-state index contributed by atoms with van der Waals surface area (Å²) >= 11 is 0. The predicted molar refractivity (Wildman–Crippen MR) is 66.6 cm³/mol.